The molecule has 5 nitrogen and oxygen atoms in total. The summed E-state index contributed by atoms with van der Waals surface area (Å²) in [5.74, 6) is 0.851. The molecule has 0 spiro atoms. The molecule has 0 bridgehead atoms. The fraction of sp³-hybridized carbons (Fsp3) is 0.556. The molecule has 2 rings (SSSR count). The summed E-state index contributed by atoms with van der Waals surface area (Å²) in [5.41, 5.74) is 0. The zero-order valence-corrected chi connectivity index (χ0v) is 16.7. The summed E-state index contributed by atoms with van der Waals surface area (Å²) in [6.07, 6.45) is 3.25. The van der Waals surface area contributed by atoms with Gasteiger partial charge in [0.1, 0.15) is 5.75 Å². The highest BCUT2D eigenvalue weighted by atomic mass is 79.9. The van der Waals surface area contributed by atoms with Crippen LogP contribution in [0, 0.1) is 0 Å². The third-order valence-corrected chi connectivity index (χ3v) is 5.01. The Bertz CT molecular complexity index is 604. The number of nitrogens with one attached hydrogen (secondary N) is 1. The van der Waals surface area contributed by atoms with E-state index >= 15 is 0 Å². The Kier molecular flexibility index (Phi) is 8.03. The Balaban J connectivity index is 1.65. The Labute approximate surface area is 162 Å². The zero-order chi connectivity index (χ0) is 18.2. The molecule has 1 heterocycles. The van der Waals surface area contributed by atoms with Crippen molar-refractivity contribution in [2.45, 2.75) is 45.1 Å². The summed E-state index contributed by atoms with van der Waals surface area (Å²) in [7, 11) is 0. The van der Waals surface area contributed by atoms with Gasteiger partial charge in [0.25, 0.3) is 0 Å². The van der Waals surface area contributed by atoms with Crippen molar-refractivity contribution in [3.05, 3.63) is 27.7 Å². The number of nitrogens with zero attached hydrogens (tertiary/aromatic N) is 1. The summed E-state index contributed by atoms with van der Waals surface area (Å²) in [6, 6.07) is 5.65. The molecular weight excluding hydrogens is 408 g/mol. The van der Waals surface area contributed by atoms with Crippen molar-refractivity contribution in [2.24, 2.45) is 0 Å². The van der Waals surface area contributed by atoms with E-state index in [1.165, 1.54) is 0 Å². The standard InChI is InChI=1S/C18H24BrClN2O3/c1-2-17(23)21-14-7-9-22(10-8-14)18(24)4-3-11-25-16-6-5-13(19)12-15(16)20/h5-6,12,14H,2-4,7-11H2,1H3,(H,21,23). The molecule has 1 aliphatic heterocycles. The molecule has 1 aromatic rings. The lowest BCUT2D eigenvalue weighted by molar-refractivity contribution is -0.132. The molecule has 1 N–H and O–H groups in total. The van der Waals surface area contributed by atoms with Gasteiger partial charge in [-0.15, -0.1) is 0 Å². The van der Waals surface area contributed by atoms with E-state index in [0.29, 0.717) is 49.7 Å². The van der Waals surface area contributed by atoms with Crippen molar-refractivity contribution in [1.82, 2.24) is 10.2 Å². The second-order valence-electron chi connectivity index (χ2n) is 6.10. The van der Waals surface area contributed by atoms with Gasteiger partial charge in [0, 0.05) is 36.4 Å². The highest BCUT2D eigenvalue weighted by Crippen LogP contribution is 2.27. The van der Waals surface area contributed by atoms with Gasteiger partial charge in [0.15, 0.2) is 0 Å². The minimum absolute atomic E-state index is 0.0773. The van der Waals surface area contributed by atoms with E-state index < -0.39 is 0 Å². The van der Waals surface area contributed by atoms with E-state index in [4.69, 9.17) is 16.3 Å². The Hall–Kier alpha value is -1.27. The number of piperidine rings is 1. The molecule has 0 radical (unpaired) electrons. The molecule has 0 aliphatic carbocycles. The number of likely N-dealkylation sites (tertiary alicyclic amines) is 1. The molecule has 0 atom stereocenters. The molecule has 1 fully saturated rings. The second-order valence-corrected chi connectivity index (χ2v) is 7.43. The van der Waals surface area contributed by atoms with Crippen LogP contribution in [0.15, 0.2) is 22.7 Å². The number of halogens is 2. The normalized spacial score (nSPS) is 15.1. The van der Waals surface area contributed by atoms with Gasteiger partial charge in [-0.05, 0) is 37.5 Å². The average molecular weight is 432 g/mol. The smallest absolute Gasteiger partial charge is 0.222 e. The Morgan fingerprint density at radius 2 is 2.08 bits per heavy atom. The summed E-state index contributed by atoms with van der Waals surface area (Å²) in [6.45, 7) is 3.70. The van der Waals surface area contributed by atoms with Crippen LogP contribution in [0.4, 0.5) is 0 Å². The monoisotopic (exact) mass is 430 g/mol. The van der Waals surface area contributed by atoms with Crippen LogP contribution in [0.2, 0.25) is 5.02 Å². The van der Waals surface area contributed by atoms with Crippen molar-refractivity contribution >= 4 is 39.3 Å². The first-order valence-electron chi connectivity index (χ1n) is 8.64. The van der Waals surface area contributed by atoms with Crippen LogP contribution in [0.1, 0.15) is 39.0 Å². The van der Waals surface area contributed by atoms with E-state index in [9.17, 15) is 9.59 Å². The molecule has 2 amide bonds. The largest absolute Gasteiger partial charge is 0.492 e. The van der Waals surface area contributed by atoms with Gasteiger partial charge >= 0.3 is 0 Å². The highest BCUT2D eigenvalue weighted by molar-refractivity contribution is 9.10. The van der Waals surface area contributed by atoms with Gasteiger partial charge in [-0.1, -0.05) is 34.5 Å². The van der Waals surface area contributed by atoms with Crippen molar-refractivity contribution in [3.63, 3.8) is 0 Å². The Morgan fingerprint density at radius 3 is 2.72 bits per heavy atom. The maximum atomic E-state index is 12.3. The van der Waals surface area contributed by atoms with Gasteiger partial charge in [0.2, 0.25) is 11.8 Å². The SMILES string of the molecule is CCC(=O)NC1CCN(C(=O)CCCOc2ccc(Br)cc2Cl)CC1. The molecule has 138 valence electrons. The predicted molar refractivity (Wildman–Crippen MR) is 102 cm³/mol. The molecule has 1 saturated heterocycles. The molecule has 25 heavy (non-hydrogen) atoms. The Morgan fingerprint density at radius 1 is 1.36 bits per heavy atom. The van der Waals surface area contributed by atoms with Gasteiger partial charge < -0.3 is 15.0 Å². The number of amides is 2. The quantitative estimate of drug-likeness (QED) is 0.668. The fourth-order valence-electron chi connectivity index (χ4n) is 2.76. The maximum Gasteiger partial charge on any atom is 0.222 e. The zero-order valence-electron chi connectivity index (χ0n) is 14.4. The number of ether oxygens (including phenoxy) is 1. The minimum atomic E-state index is 0.0773. The van der Waals surface area contributed by atoms with Crippen molar-refractivity contribution in [2.75, 3.05) is 19.7 Å². The summed E-state index contributed by atoms with van der Waals surface area (Å²) >= 11 is 9.44. The van der Waals surface area contributed by atoms with Crippen molar-refractivity contribution in [3.8, 4) is 5.75 Å². The van der Waals surface area contributed by atoms with Crippen LogP contribution in [-0.2, 0) is 9.59 Å². The molecule has 1 aromatic carbocycles. The lowest BCUT2D eigenvalue weighted by atomic mass is 10.0. The third-order valence-electron chi connectivity index (χ3n) is 4.22. The highest BCUT2D eigenvalue weighted by Gasteiger charge is 2.23. The first-order valence-corrected chi connectivity index (χ1v) is 9.81. The van der Waals surface area contributed by atoms with Crippen molar-refractivity contribution in [1.29, 1.82) is 0 Å². The van der Waals surface area contributed by atoms with Crippen LogP contribution < -0.4 is 10.1 Å². The maximum absolute atomic E-state index is 12.3. The van der Waals surface area contributed by atoms with E-state index in [1.807, 2.05) is 24.0 Å². The van der Waals surface area contributed by atoms with E-state index in [0.717, 1.165) is 17.3 Å². The average Bonchev–Trinajstić information content (AvgIpc) is 2.60. The van der Waals surface area contributed by atoms with Crippen LogP contribution in [-0.4, -0.2) is 42.5 Å². The number of carbonyl (C=O) groups is 2. The van der Waals surface area contributed by atoms with Crippen molar-refractivity contribution < 1.29 is 14.3 Å². The molecule has 1 aliphatic rings. The lowest BCUT2D eigenvalue weighted by Gasteiger charge is -2.32. The number of rotatable bonds is 7. The second kappa shape index (κ2) is 10.0. The topological polar surface area (TPSA) is 58.6 Å². The van der Waals surface area contributed by atoms with Gasteiger partial charge in [-0.2, -0.15) is 0 Å². The number of hydrogen-bond acceptors (Lipinski definition) is 3. The van der Waals surface area contributed by atoms with Crippen LogP contribution in [0.3, 0.4) is 0 Å². The van der Waals surface area contributed by atoms with E-state index in [-0.39, 0.29) is 17.9 Å². The minimum Gasteiger partial charge on any atom is -0.492 e. The number of benzene rings is 1. The molecule has 7 heteroatoms. The molecular formula is C18H24BrClN2O3. The number of carbonyl (C=O) groups excluding carboxylic acids is 2. The molecule has 0 saturated carbocycles. The fourth-order valence-corrected chi connectivity index (χ4v) is 3.49. The lowest BCUT2D eigenvalue weighted by Crippen LogP contribution is -2.46. The molecule has 0 aromatic heterocycles. The van der Waals surface area contributed by atoms with E-state index in [2.05, 4.69) is 21.2 Å². The van der Waals surface area contributed by atoms with Gasteiger partial charge in [-0.3, -0.25) is 9.59 Å². The third kappa shape index (κ3) is 6.51. The first kappa shape index (κ1) is 20.0. The number of hydrogen-bond donors (Lipinski definition) is 1. The van der Waals surface area contributed by atoms with Crippen LogP contribution in [0.25, 0.3) is 0 Å². The van der Waals surface area contributed by atoms with Gasteiger partial charge in [0.05, 0.1) is 11.6 Å². The summed E-state index contributed by atoms with van der Waals surface area (Å²) in [5, 5.41) is 3.55. The van der Waals surface area contributed by atoms with Gasteiger partial charge in [-0.25, -0.2) is 0 Å². The predicted octanol–water partition coefficient (Wildman–Crippen LogP) is 3.78. The van der Waals surface area contributed by atoms with Crippen LogP contribution >= 0.6 is 27.5 Å². The molecule has 0 unspecified atom stereocenters. The summed E-state index contributed by atoms with van der Waals surface area (Å²) < 4.78 is 6.53. The van der Waals surface area contributed by atoms with Crippen LogP contribution in [0.5, 0.6) is 5.75 Å². The van der Waals surface area contributed by atoms with E-state index in [1.54, 1.807) is 6.07 Å². The summed E-state index contributed by atoms with van der Waals surface area (Å²) in [4.78, 5) is 25.5. The first-order chi connectivity index (χ1) is 12.0.